The van der Waals surface area contributed by atoms with Crippen LogP contribution >= 0.6 is 0 Å². The lowest BCUT2D eigenvalue weighted by Crippen LogP contribution is -2.18. The second-order valence-electron chi connectivity index (χ2n) is 15.2. The Hall–Kier alpha value is -2.10. The van der Waals surface area contributed by atoms with Crippen molar-refractivity contribution in [1.82, 2.24) is 0 Å². The van der Waals surface area contributed by atoms with Gasteiger partial charge in [-0.05, 0) is 83.5 Å². The second-order valence-corrected chi connectivity index (χ2v) is 15.2. The highest BCUT2D eigenvalue weighted by molar-refractivity contribution is 5.69. The zero-order chi connectivity index (χ0) is 37.8. The first-order valence-electron chi connectivity index (χ1n) is 22.6. The van der Waals surface area contributed by atoms with Crippen molar-refractivity contribution in [1.29, 1.82) is 0 Å². The maximum Gasteiger partial charge on any atom is 0.306 e. The van der Waals surface area contributed by atoms with E-state index in [4.69, 9.17) is 9.84 Å². The monoisotopic (exact) mass is 727 g/mol. The Morgan fingerprint density at radius 1 is 0.423 bits per heavy atom. The third kappa shape index (κ3) is 42.3. The Balaban J connectivity index is 3.94. The van der Waals surface area contributed by atoms with E-state index in [0.29, 0.717) is 12.8 Å². The standard InChI is InChI=1S/C48H86O4/c1-3-5-7-9-11-13-15-17-19-20-21-22-23-24-26-28-30-32-34-36-41-45-48(51)52-46(43-39-37-40-44-47(49)50)42-38-35-33-31-29-27-25-18-16-14-12-10-8-6-4-2/h11,13,17,19,21-22,24,26,46H,3-10,12,14-16,18,20,23,25,27-45H2,1-2H3,(H,49,50)/b13-11-,19-17-,22-21-,26-24-. The van der Waals surface area contributed by atoms with Crippen LogP contribution in [0.4, 0.5) is 0 Å². The van der Waals surface area contributed by atoms with Crippen molar-refractivity contribution in [3.63, 3.8) is 0 Å². The van der Waals surface area contributed by atoms with Crippen LogP contribution in [0.3, 0.4) is 0 Å². The number of carboxylic acid groups (broad SMARTS) is 1. The zero-order valence-electron chi connectivity index (χ0n) is 34.6. The molecule has 0 aromatic rings. The summed E-state index contributed by atoms with van der Waals surface area (Å²) in [5, 5.41) is 8.93. The van der Waals surface area contributed by atoms with Crippen LogP contribution in [0.1, 0.15) is 239 Å². The molecule has 0 bridgehead atoms. The van der Waals surface area contributed by atoms with Crippen molar-refractivity contribution >= 4 is 11.9 Å². The first-order valence-corrected chi connectivity index (χ1v) is 22.6. The summed E-state index contributed by atoms with van der Waals surface area (Å²) in [5.41, 5.74) is 0. The van der Waals surface area contributed by atoms with Gasteiger partial charge in [0.1, 0.15) is 6.10 Å². The highest BCUT2D eigenvalue weighted by Crippen LogP contribution is 2.19. The topological polar surface area (TPSA) is 63.6 Å². The summed E-state index contributed by atoms with van der Waals surface area (Å²) in [6, 6.07) is 0. The number of carboxylic acids is 1. The largest absolute Gasteiger partial charge is 0.481 e. The van der Waals surface area contributed by atoms with Gasteiger partial charge in [-0.15, -0.1) is 0 Å². The molecule has 0 spiro atoms. The molecule has 0 radical (unpaired) electrons. The molecule has 0 aromatic heterocycles. The minimum Gasteiger partial charge on any atom is -0.481 e. The molecule has 0 saturated carbocycles. The van der Waals surface area contributed by atoms with E-state index in [0.717, 1.165) is 70.6 Å². The van der Waals surface area contributed by atoms with Crippen LogP contribution in [0, 0.1) is 0 Å². The molecule has 0 amide bonds. The van der Waals surface area contributed by atoms with Gasteiger partial charge in [0.25, 0.3) is 0 Å². The molecule has 1 atom stereocenters. The smallest absolute Gasteiger partial charge is 0.306 e. The molecule has 0 heterocycles. The SMILES string of the molecule is CCCCC/C=C\C/C=C\C/C=C\C/C=C\CCCCCCCC(=O)OC(CCCCCCCCCCCCCCCCC)CCCCCC(=O)O. The zero-order valence-corrected chi connectivity index (χ0v) is 34.6. The summed E-state index contributed by atoms with van der Waals surface area (Å²) >= 11 is 0. The summed E-state index contributed by atoms with van der Waals surface area (Å²) in [6.45, 7) is 4.53. The molecule has 1 unspecified atom stereocenters. The molecule has 0 aliphatic carbocycles. The van der Waals surface area contributed by atoms with Gasteiger partial charge in [-0.1, -0.05) is 191 Å². The van der Waals surface area contributed by atoms with Gasteiger partial charge in [0.2, 0.25) is 0 Å². The molecule has 0 aliphatic rings. The van der Waals surface area contributed by atoms with Crippen molar-refractivity contribution in [2.75, 3.05) is 0 Å². The Morgan fingerprint density at radius 2 is 0.750 bits per heavy atom. The predicted molar refractivity (Wildman–Crippen MR) is 227 cm³/mol. The number of hydrogen-bond acceptors (Lipinski definition) is 3. The second kappa shape index (κ2) is 43.3. The summed E-state index contributed by atoms with van der Waals surface area (Å²) in [4.78, 5) is 23.5. The number of aliphatic carboxylic acids is 1. The van der Waals surface area contributed by atoms with Gasteiger partial charge in [-0.2, -0.15) is 0 Å². The van der Waals surface area contributed by atoms with E-state index in [1.54, 1.807) is 0 Å². The molecule has 4 nitrogen and oxygen atoms in total. The van der Waals surface area contributed by atoms with Crippen LogP contribution in [0.5, 0.6) is 0 Å². The fourth-order valence-electron chi connectivity index (χ4n) is 6.70. The van der Waals surface area contributed by atoms with E-state index < -0.39 is 5.97 Å². The van der Waals surface area contributed by atoms with Gasteiger partial charge in [-0.25, -0.2) is 0 Å². The Bertz CT molecular complexity index is 870. The fourth-order valence-corrected chi connectivity index (χ4v) is 6.70. The molecule has 0 saturated heterocycles. The molecule has 0 aliphatic heterocycles. The molecule has 0 aromatic carbocycles. The van der Waals surface area contributed by atoms with Crippen LogP contribution in [-0.4, -0.2) is 23.1 Å². The minimum atomic E-state index is -0.726. The van der Waals surface area contributed by atoms with E-state index >= 15 is 0 Å². The lowest BCUT2D eigenvalue weighted by molar-refractivity contribution is -0.150. The van der Waals surface area contributed by atoms with Gasteiger partial charge >= 0.3 is 11.9 Å². The third-order valence-corrected chi connectivity index (χ3v) is 10.1. The van der Waals surface area contributed by atoms with E-state index in [1.807, 2.05) is 0 Å². The number of hydrogen-bond donors (Lipinski definition) is 1. The van der Waals surface area contributed by atoms with Gasteiger partial charge in [-0.3, -0.25) is 9.59 Å². The summed E-state index contributed by atoms with van der Waals surface area (Å²) in [7, 11) is 0. The molecule has 302 valence electrons. The average molecular weight is 727 g/mol. The van der Waals surface area contributed by atoms with Crippen LogP contribution < -0.4 is 0 Å². The van der Waals surface area contributed by atoms with E-state index in [9.17, 15) is 9.59 Å². The third-order valence-electron chi connectivity index (χ3n) is 10.1. The molecule has 4 heteroatoms. The predicted octanol–water partition coefficient (Wildman–Crippen LogP) is 15.9. The molecule has 0 fully saturated rings. The summed E-state index contributed by atoms with van der Waals surface area (Å²) in [6.07, 6.45) is 58.5. The van der Waals surface area contributed by atoms with Crippen LogP contribution in [-0.2, 0) is 14.3 Å². The highest BCUT2D eigenvalue weighted by Gasteiger charge is 2.14. The molecular weight excluding hydrogens is 641 g/mol. The summed E-state index contributed by atoms with van der Waals surface area (Å²) in [5.74, 6) is -0.770. The number of ether oxygens (including phenoxy) is 1. The maximum absolute atomic E-state index is 12.7. The van der Waals surface area contributed by atoms with Gasteiger partial charge in [0, 0.05) is 12.8 Å². The number of unbranched alkanes of at least 4 members (excludes halogenated alkanes) is 24. The van der Waals surface area contributed by atoms with Crippen molar-refractivity contribution in [2.24, 2.45) is 0 Å². The van der Waals surface area contributed by atoms with Gasteiger partial charge < -0.3 is 9.84 Å². The Labute approximate surface area is 323 Å². The molecular formula is C48H86O4. The number of rotatable bonds is 41. The molecule has 52 heavy (non-hydrogen) atoms. The summed E-state index contributed by atoms with van der Waals surface area (Å²) < 4.78 is 5.96. The van der Waals surface area contributed by atoms with Crippen molar-refractivity contribution in [3.8, 4) is 0 Å². The van der Waals surface area contributed by atoms with E-state index in [2.05, 4.69) is 62.5 Å². The van der Waals surface area contributed by atoms with Crippen LogP contribution in [0.2, 0.25) is 0 Å². The normalized spacial score (nSPS) is 12.7. The number of carbonyl (C=O) groups is 2. The Kier molecular flexibility index (Phi) is 41.6. The number of carbonyl (C=O) groups excluding carboxylic acids is 1. The highest BCUT2D eigenvalue weighted by atomic mass is 16.5. The lowest BCUT2D eigenvalue weighted by Gasteiger charge is -2.18. The first kappa shape index (κ1) is 49.9. The fraction of sp³-hybridized carbons (Fsp3) is 0.792. The molecule has 1 N–H and O–H groups in total. The van der Waals surface area contributed by atoms with Crippen molar-refractivity contribution in [3.05, 3.63) is 48.6 Å². The minimum absolute atomic E-state index is 0.00951. The Morgan fingerprint density at radius 3 is 1.21 bits per heavy atom. The van der Waals surface area contributed by atoms with Crippen molar-refractivity contribution in [2.45, 2.75) is 245 Å². The first-order chi connectivity index (χ1) is 25.6. The van der Waals surface area contributed by atoms with Gasteiger partial charge in [0.15, 0.2) is 0 Å². The number of allylic oxidation sites excluding steroid dienone is 8. The van der Waals surface area contributed by atoms with E-state index in [1.165, 1.54) is 135 Å². The molecule has 0 rings (SSSR count). The van der Waals surface area contributed by atoms with Crippen LogP contribution in [0.25, 0.3) is 0 Å². The maximum atomic E-state index is 12.7. The van der Waals surface area contributed by atoms with Crippen molar-refractivity contribution < 1.29 is 19.4 Å². The van der Waals surface area contributed by atoms with Gasteiger partial charge in [0.05, 0.1) is 0 Å². The quantitative estimate of drug-likeness (QED) is 0.0387. The number of esters is 1. The van der Waals surface area contributed by atoms with E-state index in [-0.39, 0.29) is 18.5 Å². The van der Waals surface area contributed by atoms with Crippen LogP contribution in [0.15, 0.2) is 48.6 Å². The lowest BCUT2D eigenvalue weighted by atomic mass is 10.0. The average Bonchev–Trinajstić information content (AvgIpc) is 3.13.